The van der Waals surface area contributed by atoms with Crippen molar-refractivity contribution in [1.82, 2.24) is 19.7 Å². The van der Waals surface area contributed by atoms with Crippen molar-refractivity contribution in [2.45, 2.75) is 19.4 Å². The number of nitrogens with zero attached hydrogens (tertiary/aromatic N) is 4. The lowest BCUT2D eigenvalue weighted by Gasteiger charge is -2.31. The largest absolute Gasteiger partial charge is 0.341 e. The standard InChI is InChI=1S/C10H17N5O/c11-5-9-1-3-14(4-2-9)10(16)6-15-8-12-7-13-15/h7-9H,1-6,11H2. The highest BCUT2D eigenvalue weighted by Crippen LogP contribution is 2.15. The molecule has 2 N–H and O–H groups in total. The topological polar surface area (TPSA) is 77.0 Å². The molecule has 6 heteroatoms. The third-order valence-electron chi connectivity index (χ3n) is 3.06. The number of likely N-dealkylation sites (tertiary alicyclic amines) is 1. The van der Waals surface area contributed by atoms with Gasteiger partial charge < -0.3 is 10.6 Å². The molecule has 0 aliphatic carbocycles. The normalized spacial score (nSPS) is 17.7. The van der Waals surface area contributed by atoms with Crippen molar-refractivity contribution in [2.75, 3.05) is 19.6 Å². The second kappa shape index (κ2) is 5.07. The molecular formula is C10H17N5O. The maximum atomic E-state index is 11.9. The summed E-state index contributed by atoms with van der Waals surface area (Å²) in [5.41, 5.74) is 5.61. The Bertz CT molecular complexity index is 329. The first-order valence-electron chi connectivity index (χ1n) is 5.60. The van der Waals surface area contributed by atoms with Gasteiger partial charge >= 0.3 is 0 Å². The Kier molecular flexibility index (Phi) is 3.51. The van der Waals surface area contributed by atoms with E-state index in [0.29, 0.717) is 5.92 Å². The van der Waals surface area contributed by atoms with Crippen molar-refractivity contribution in [3.8, 4) is 0 Å². The van der Waals surface area contributed by atoms with Gasteiger partial charge in [0.2, 0.25) is 5.91 Å². The molecule has 0 spiro atoms. The Balaban J connectivity index is 1.82. The molecule has 6 nitrogen and oxygen atoms in total. The third-order valence-corrected chi connectivity index (χ3v) is 3.06. The highest BCUT2D eigenvalue weighted by Gasteiger charge is 2.21. The molecule has 0 bridgehead atoms. The first-order valence-corrected chi connectivity index (χ1v) is 5.60. The number of nitrogens with two attached hydrogens (primary N) is 1. The Hall–Kier alpha value is -1.43. The molecule has 0 aromatic carbocycles. The van der Waals surface area contributed by atoms with Crippen molar-refractivity contribution >= 4 is 5.91 Å². The molecule has 1 amide bonds. The molecular weight excluding hydrogens is 206 g/mol. The van der Waals surface area contributed by atoms with Crippen LogP contribution in [-0.4, -0.2) is 45.2 Å². The number of hydrogen-bond acceptors (Lipinski definition) is 4. The average molecular weight is 223 g/mol. The van der Waals surface area contributed by atoms with Gasteiger partial charge in [0.15, 0.2) is 0 Å². The summed E-state index contributed by atoms with van der Waals surface area (Å²) >= 11 is 0. The summed E-state index contributed by atoms with van der Waals surface area (Å²) < 4.78 is 1.55. The molecule has 0 radical (unpaired) electrons. The minimum absolute atomic E-state index is 0.112. The number of carbonyl (C=O) groups excluding carboxylic acids is 1. The van der Waals surface area contributed by atoms with Crippen LogP contribution in [0.25, 0.3) is 0 Å². The number of carbonyl (C=O) groups is 1. The van der Waals surface area contributed by atoms with Gasteiger partial charge in [-0.05, 0) is 25.3 Å². The zero-order chi connectivity index (χ0) is 11.4. The molecule has 2 heterocycles. The summed E-state index contributed by atoms with van der Waals surface area (Å²) in [5, 5.41) is 3.92. The van der Waals surface area contributed by atoms with Gasteiger partial charge in [-0.3, -0.25) is 4.79 Å². The van der Waals surface area contributed by atoms with E-state index in [0.717, 1.165) is 32.5 Å². The van der Waals surface area contributed by atoms with E-state index in [9.17, 15) is 4.79 Å². The Morgan fingerprint density at radius 2 is 2.19 bits per heavy atom. The van der Waals surface area contributed by atoms with Gasteiger partial charge in [0.1, 0.15) is 19.2 Å². The van der Waals surface area contributed by atoms with Gasteiger partial charge in [-0.15, -0.1) is 0 Å². The summed E-state index contributed by atoms with van der Waals surface area (Å²) in [6.45, 7) is 2.64. The van der Waals surface area contributed by atoms with Gasteiger partial charge in [-0.2, -0.15) is 5.10 Å². The Morgan fingerprint density at radius 3 is 2.75 bits per heavy atom. The van der Waals surface area contributed by atoms with Crippen LogP contribution in [0.1, 0.15) is 12.8 Å². The van der Waals surface area contributed by atoms with E-state index in [1.165, 1.54) is 6.33 Å². The fourth-order valence-electron chi connectivity index (χ4n) is 1.97. The fraction of sp³-hybridized carbons (Fsp3) is 0.700. The van der Waals surface area contributed by atoms with Crippen LogP contribution in [0.15, 0.2) is 12.7 Å². The van der Waals surface area contributed by atoms with Crippen molar-refractivity contribution in [2.24, 2.45) is 11.7 Å². The van der Waals surface area contributed by atoms with Crippen LogP contribution in [0.5, 0.6) is 0 Å². The SMILES string of the molecule is NCC1CCN(C(=O)Cn2cncn2)CC1. The molecule has 1 aromatic heterocycles. The molecule has 0 atom stereocenters. The van der Waals surface area contributed by atoms with Crippen molar-refractivity contribution in [3.05, 3.63) is 12.7 Å². The Morgan fingerprint density at radius 1 is 1.44 bits per heavy atom. The molecule has 88 valence electrons. The predicted molar refractivity (Wildman–Crippen MR) is 58.4 cm³/mol. The third kappa shape index (κ3) is 2.57. The zero-order valence-corrected chi connectivity index (χ0v) is 9.25. The van der Waals surface area contributed by atoms with Crippen LogP contribution in [0.4, 0.5) is 0 Å². The summed E-state index contributed by atoms with van der Waals surface area (Å²) in [6.07, 6.45) is 5.03. The number of amides is 1. The summed E-state index contributed by atoms with van der Waals surface area (Å²) in [6, 6.07) is 0. The quantitative estimate of drug-likeness (QED) is 0.747. The maximum absolute atomic E-state index is 11.9. The maximum Gasteiger partial charge on any atom is 0.244 e. The van der Waals surface area contributed by atoms with Crippen molar-refractivity contribution in [1.29, 1.82) is 0 Å². The molecule has 1 aromatic rings. The lowest BCUT2D eigenvalue weighted by Crippen LogP contribution is -2.41. The van der Waals surface area contributed by atoms with Crippen LogP contribution < -0.4 is 5.73 Å². The van der Waals surface area contributed by atoms with Gasteiger partial charge in [-0.1, -0.05) is 0 Å². The molecule has 0 saturated carbocycles. The number of aromatic nitrogens is 3. The van der Waals surface area contributed by atoms with Crippen LogP contribution in [0.2, 0.25) is 0 Å². The highest BCUT2D eigenvalue weighted by molar-refractivity contribution is 5.75. The van der Waals surface area contributed by atoms with Gasteiger partial charge in [0, 0.05) is 13.1 Å². The van der Waals surface area contributed by atoms with Crippen LogP contribution in [0, 0.1) is 5.92 Å². The average Bonchev–Trinajstić information content (AvgIpc) is 2.82. The lowest BCUT2D eigenvalue weighted by atomic mass is 9.97. The second-order valence-electron chi connectivity index (χ2n) is 4.15. The Labute approximate surface area is 94.4 Å². The van der Waals surface area contributed by atoms with Crippen molar-refractivity contribution < 1.29 is 4.79 Å². The van der Waals surface area contributed by atoms with E-state index >= 15 is 0 Å². The van der Waals surface area contributed by atoms with Crippen LogP contribution >= 0.6 is 0 Å². The van der Waals surface area contributed by atoms with Gasteiger partial charge in [0.25, 0.3) is 0 Å². The number of hydrogen-bond donors (Lipinski definition) is 1. The summed E-state index contributed by atoms with van der Waals surface area (Å²) in [5.74, 6) is 0.691. The first kappa shape index (κ1) is 11.1. The van der Waals surface area contributed by atoms with E-state index in [-0.39, 0.29) is 12.5 Å². The molecule has 1 saturated heterocycles. The summed E-state index contributed by atoms with van der Waals surface area (Å²) in [7, 11) is 0. The molecule has 1 aliphatic heterocycles. The molecule has 16 heavy (non-hydrogen) atoms. The monoisotopic (exact) mass is 223 g/mol. The zero-order valence-electron chi connectivity index (χ0n) is 9.25. The van der Waals surface area contributed by atoms with Crippen molar-refractivity contribution in [3.63, 3.8) is 0 Å². The van der Waals surface area contributed by atoms with E-state index in [1.54, 1.807) is 11.0 Å². The molecule has 1 fully saturated rings. The molecule has 1 aliphatic rings. The van der Waals surface area contributed by atoms with Crippen LogP contribution in [0.3, 0.4) is 0 Å². The van der Waals surface area contributed by atoms with Gasteiger partial charge in [-0.25, -0.2) is 9.67 Å². The first-order chi connectivity index (χ1) is 7.79. The van der Waals surface area contributed by atoms with Crippen LogP contribution in [-0.2, 0) is 11.3 Å². The van der Waals surface area contributed by atoms with E-state index in [4.69, 9.17) is 5.73 Å². The minimum atomic E-state index is 0.112. The number of piperidine rings is 1. The molecule has 2 rings (SSSR count). The molecule has 0 unspecified atom stereocenters. The predicted octanol–water partition coefficient (Wildman–Crippen LogP) is -0.525. The number of rotatable bonds is 3. The fourth-order valence-corrected chi connectivity index (χ4v) is 1.97. The summed E-state index contributed by atoms with van der Waals surface area (Å²) in [4.78, 5) is 17.6. The van der Waals surface area contributed by atoms with E-state index in [2.05, 4.69) is 10.1 Å². The lowest BCUT2D eigenvalue weighted by molar-refractivity contribution is -0.133. The van der Waals surface area contributed by atoms with Gasteiger partial charge in [0.05, 0.1) is 0 Å². The minimum Gasteiger partial charge on any atom is -0.341 e. The smallest absolute Gasteiger partial charge is 0.244 e. The second-order valence-corrected chi connectivity index (χ2v) is 4.15. The van der Waals surface area contributed by atoms with E-state index in [1.807, 2.05) is 4.90 Å². The van der Waals surface area contributed by atoms with E-state index < -0.39 is 0 Å². The highest BCUT2D eigenvalue weighted by atomic mass is 16.2.